The molecule has 0 spiro atoms. The molecule has 0 atom stereocenters. The van der Waals surface area contributed by atoms with Gasteiger partial charge in [0.25, 0.3) is 0 Å². The fourth-order valence-corrected chi connectivity index (χ4v) is 3.38. The van der Waals surface area contributed by atoms with Crippen molar-refractivity contribution in [2.24, 2.45) is 0 Å². The maximum atomic E-state index is 12.6. The highest BCUT2D eigenvalue weighted by Crippen LogP contribution is 2.30. The molecule has 0 aromatic heterocycles. The predicted molar refractivity (Wildman–Crippen MR) is 101 cm³/mol. The lowest BCUT2D eigenvalue weighted by molar-refractivity contribution is 0.297. The molecular formula is C20H19NO4S. The molecule has 0 aliphatic heterocycles. The average molecular weight is 369 g/mol. The lowest BCUT2D eigenvalue weighted by Gasteiger charge is -2.11. The molecule has 0 amide bonds. The van der Waals surface area contributed by atoms with Gasteiger partial charge in [-0.1, -0.05) is 36.9 Å². The quantitative estimate of drug-likeness (QED) is 0.519. The highest BCUT2D eigenvalue weighted by molar-refractivity contribution is 7.95. The molecule has 2 rings (SSSR count). The molecule has 0 heterocycles. The van der Waals surface area contributed by atoms with Crippen LogP contribution >= 0.6 is 0 Å². The molecule has 0 bridgehead atoms. The minimum atomic E-state index is -3.88. The monoisotopic (exact) mass is 369 g/mol. The molecule has 2 aromatic carbocycles. The van der Waals surface area contributed by atoms with E-state index in [2.05, 4.69) is 6.58 Å². The Labute approximate surface area is 153 Å². The first kappa shape index (κ1) is 19.3. The minimum Gasteiger partial charge on any atom is -0.490 e. The molecule has 0 unspecified atom stereocenters. The van der Waals surface area contributed by atoms with E-state index in [1.807, 2.05) is 6.92 Å². The summed E-state index contributed by atoms with van der Waals surface area (Å²) in [6.45, 7) is 6.17. The molecule has 26 heavy (non-hydrogen) atoms. The van der Waals surface area contributed by atoms with E-state index in [1.165, 1.54) is 18.2 Å². The topological polar surface area (TPSA) is 76.4 Å². The van der Waals surface area contributed by atoms with Crippen molar-refractivity contribution >= 4 is 15.9 Å². The van der Waals surface area contributed by atoms with Crippen molar-refractivity contribution in [2.45, 2.75) is 11.8 Å². The fraction of sp³-hybridized carbons (Fsp3) is 0.150. The Morgan fingerprint density at radius 1 is 1.15 bits per heavy atom. The first-order valence-corrected chi connectivity index (χ1v) is 9.43. The van der Waals surface area contributed by atoms with Gasteiger partial charge < -0.3 is 9.47 Å². The summed E-state index contributed by atoms with van der Waals surface area (Å²) >= 11 is 0. The zero-order valence-electron chi connectivity index (χ0n) is 14.4. The number of rotatable bonds is 8. The fourth-order valence-electron chi connectivity index (χ4n) is 2.20. The van der Waals surface area contributed by atoms with Gasteiger partial charge in [-0.2, -0.15) is 5.26 Å². The van der Waals surface area contributed by atoms with Gasteiger partial charge in [-0.15, -0.1) is 0 Å². The first-order chi connectivity index (χ1) is 12.5. The molecular weight excluding hydrogens is 350 g/mol. The van der Waals surface area contributed by atoms with E-state index < -0.39 is 9.84 Å². The van der Waals surface area contributed by atoms with Crippen molar-refractivity contribution in [1.82, 2.24) is 0 Å². The molecule has 0 N–H and O–H groups in total. The molecule has 2 aromatic rings. The van der Waals surface area contributed by atoms with Crippen LogP contribution in [0.4, 0.5) is 0 Å². The standard InChI is InChI=1S/C20H19NO4S/c1-3-12-25-19-11-10-16(14-20(19)24-4-2)13-18(15-21)26(22,23)17-8-6-5-7-9-17/h3,5-11,13-14H,1,4,12H2,2H3/b18-13+. The maximum Gasteiger partial charge on any atom is 0.216 e. The van der Waals surface area contributed by atoms with Gasteiger partial charge in [-0.25, -0.2) is 8.42 Å². The van der Waals surface area contributed by atoms with Gasteiger partial charge in [0.2, 0.25) is 9.84 Å². The third kappa shape index (κ3) is 4.52. The van der Waals surface area contributed by atoms with Crippen molar-refractivity contribution in [3.63, 3.8) is 0 Å². The lowest BCUT2D eigenvalue weighted by Crippen LogP contribution is -2.03. The van der Waals surface area contributed by atoms with Gasteiger partial charge in [-0.05, 0) is 42.8 Å². The van der Waals surface area contributed by atoms with Gasteiger partial charge in [-0.3, -0.25) is 0 Å². The zero-order valence-corrected chi connectivity index (χ0v) is 15.2. The van der Waals surface area contributed by atoms with Crippen LogP contribution in [0.25, 0.3) is 6.08 Å². The van der Waals surface area contributed by atoms with E-state index in [-0.39, 0.29) is 9.80 Å². The molecule has 5 nitrogen and oxygen atoms in total. The van der Waals surface area contributed by atoms with E-state index in [0.717, 1.165) is 0 Å². The molecule has 134 valence electrons. The number of hydrogen-bond acceptors (Lipinski definition) is 5. The van der Waals surface area contributed by atoms with Gasteiger partial charge in [0.1, 0.15) is 17.6 Å². The van der Waals surface area contributed by atoms with Crippen LogP contribution in [0.2, 0.25) is 0 Å². The summed E-state index contributed by atoms with van der Waals surface area (Å²) in [7, 11) is -3.88. The molecule has 0 aliphatic carbocycles. The van der Waals surface area contributed by atoms with Crippen LogP contribution in [0.3, 0.4) is 0 Å². The SMILES string of the molecule is C=CCOc1ccc(/C=C(\C#N)S(=O)(=O)c2ccccc2)cc1OCC. The Morgan fingerprint density at radius 2 is 1.88 bits per heavy atom. The van der Waals surface area contributed by atoms with Crippen LogP contribution in [-0.4, -0.2) is 21.6 Å². The second-order valence-electron chi connectivity index (χ2n) is 5.18. The predicted octanol–water partition coefficient (Wildman–Crippen LogP) is 3.99. The largest absolute Gasteiger partial charge is 0.490 e. The normalized spacial score (nSPS) is 11.5. The van der Waals surface area contributed by atoms with Crippen LogP contribution in [0.1, 0.15) is 12.5 Å². The van der Waals surface area contributed by atoms with Crippen LogP contribution in [0, 0.1) is 11.3 Å². The second kappa shape index (κ2) is 8.88. The number of nitriles is 1. The van der Waals surface area contributed by atoms with E-state index in [1.54, 1.807) is 48.5 Å². The highest BCUT2D eigenvalue weighted by Gasteiger charge is 2.20. The molecule has 0 radical (unpaired) electrons. The van der Waals surface area contributed by atoms with Crippen molar-refractivity contribution in [3.8, 4) is 17.6 Å². The van der Waals surface area contributed by atoms with Gasteiger partial charge in [0.15, 0.2) is 11.5 Å². The summed E-state index contributed by atoms with van der Waals surface area (Å²) in [5.41, 5.74) is 0.524. The Bertz CT molecular complexity index is 942. The molecule has 0 saturated heterocycles. The van der Waals surface area contributed by atoms with Gasteiger partial charge in [0.05, 0.1) is 11.5 Å². The Morgan fingerprint density at radius 3 is 2.50 bits per heavy atom. The van der Waals surface area contributed by atoms with Crippen molar-refractivity contribution in [2.75, 3.05) is 13.2 Å². The lowest BCUT2D eigenvalue weighted by atomic mass is 10.2. The Hall–Kier alpha value is -3.04. The number of nitrogens with zero attached hydrogens (tertiary/aromatic N) is 1. The van der Waals surface area contributed by atoms with E-state index >= 15 is 0 Å². The summed E-state index contributed by atoms with van der Waals surface area (Å²) in [5, 5.41) is 9.36. The molecule has 0 saturated carbocycles. The second-order valence-corrected chi connectivity index (χ2v) is 7.09. The van der Waals surface area contributed by atoms with Crippen LogP contribution in [0.15, 0.2) is 71.0 Å². The Kier molecular flexibility index (Phi) is 6.59. The maximum absolute atomic E-state index is 12.6. The summed E-state index contributed by atoms with van der Waals surface area (Å²) in [4.78, 5) is -0.269. The third-order valence-corrected chi connectivity index (χ3v) is 5.06. The minimum absolute atomic E-state index is 0.0729. The van der Waals surface area contributed by atoms with E-state index in [0.29, 0.717) is 30.3 Å². The summed E-state index contributed by atoms with van der Waals surface area (Å²) in [6, 6.07) is 14.6. The molecule has 6 heteroatoms. The number of benzene rings is 2. The van der Waals surface area contributed by atoms with Gasteiger partial charge >= 0.3 is 0 Å². The van der Waals surface area contributed by atoms with Crippen LogP contribution in [0.5, 0.6) is 11.5 Å². The van der Waals surface area contributed by atoms with E-state index in [4.69, 9.17) is 9.47 Å². The van der Waals surface area contributed by atoms with Crippen molar-refractivity contribution in [3.05, 3.63) is 71.7 Å². The average Bonchev–Trinajstić information content (AvgIpc) is 2.66. The Balaban J connectivity index is 2.44. The smallest absolute Gasteiger partial charge is 0.216 e. The molecule has 0 fully saturated rings. The van der Waals surface area contributed by atoms with E-state index in [9.17, 15) is 13.7 Å². The first-order valence-electron chi connectivity index (χ1n) is 7.95. The number of hydrogen-bond donors (Lipinski definition) is 0. The molecule has 0 aliphatic rings. The van der Waals surface area contributed by atoms with Crippen LogP contribution in [-0.2, 0) is 9.84 Å². The third-order valence-electron chi connectivity index (χ3n) is 3.38. The highest BCUT2D eigenvalue weighted by atomic mass is 32.2. The number of allylic oxidation sites excluding steroid dienone is 1. The van der Waals surface area contributed by atoms with Crippen molar-refractivity contribution in [1.29, 1.82) is 5.26 Å². The van der Waals surface area contributed by atoms with Crippen LogP contribution < -0.4 is 9.47 Å². The summed E-state index contributed by atoms with van der Waals surface area (Å²) in [6.07, 6.45) is 2.94. The number of sulfone groups is 1. The zero-order chi connectivity index (χ0) is 19.0. The number of ether oxygens (including phenoxy) is 2. The van der Waals surface area contributed by atoms with Gasteiger partial charge in [0, 0.05) is 0 Å². The van der Waals surface area contributed by atoms with Crippen molar-refractivity contribution < 1.29 is 17.9 Å². The summed E-state index contributed by atoms with van der Waals surface area (Å²) in [5.74, 6) is 0.992. The summed E-state index contributed by atoms with van der Waals surface area (Å²) < 4.78 is 36.3.